The summed E-state index contributed by atoms with van der Waals surface area (Å²) in [5.74, 6) is 0.490. The van der Waals surface area contributed by atoms with Crippen molar-refractivity contribution in [3.63, 3.8) is 0 Å². The molecular weight excluding hydrogens is 408 g/mol. The van der Waals surface area contributed by atoms with Gasteiger partial charge in [-0.15, -0.1) is 16.4 Å². The van der Waals surface area contributed by atoms with E-state index < -0.39 is 0 Å². The summed E-state index contributed by atoms with van der Waals surface area (Å²) in [7, 11) is 0. The van der Waals surface area contributed by atoms with Crippen LogP contribution >= 0.6 is 11.3 Å². The van der Waals surface area contributed by atoms with Gasteiger partial charge in [0.05, 0.1) is 5.39 Å². The van der Waals surface area contributed by atoms with Crippen LogP contribution in [0, 0.1) is 11.3 Å². The number of fused-ring (bicyclic) bond motifs is 4. The highest BCUT2D eigenvalue weighted by molar-refractivity contribution is 7.18. The second-order valence-electron chi connectivity index (χ2n) is 9.82. The average Bonchev–Trinajstić information content (AvgIpc) is 3.13. The molecule has 1 aromatic carbocycles. The van der Waals surface area contributed by atoms with Gasteiger partial charge in [-0.05, 0) is 60.6 Å². The predicted octanol–water partition coefficient (Wildman–Crippen LogP) is 3.98. The Bertz CT molecular complexity index is 1220. The zero-order chi connectivity index (χ0) is 21.8. The maximum Gasteiger partial charge on any atom is 0.279 e. The minimum atomic E-state index is -0.185. The normalized spacial score (nSPS) is 18.7. The topological polar surface area (TPSA) is 68.1 Å². The van der Waals surface area contributed by atoms with Crippen molar-refractivity contribution >= 4 is 33.1 Å². The molecular formula is C24H28N4O2S. The number of aryl methyl sites for hydroxylation is 2. The van der Waals surface area contributed by atoms with Gasteiger partial charge in [-0.1, -0.05) is 44.2 Å². The SMILES string of the molecule is CC(C)(C)C1CCc2c(sc3nnn(CC(=O)N4CCCc5ccccc54)c(=O)c23)C1. The molecule has 2 aromatic heterocycles. The molecule has 5 rings (SSSR count). The summed E-state index contributed by atoms with van der Waals surface area (Å²) in [6.45, 7) is 7.45. The van der Waals surface area contributed by atoms with Crippen molar-refractivity contribution in [2.75, 3.05) is 11.4 Å². The van der Waals surface area contributed by atoms with Crippen LogP contribution in [0.4, 0.5) is 5.69 Å². The molecule has 0 saturated carbocycles. The summed E-state index contributed by atoms with van der Waals surface area (Å²) in [5.41, 5.74) is 3.32. The Morgan fingerprint density at radius 3 is 2.84 bits per heavy atom. The maximum absolute atomic E-state index is 13.3. The molecule has 31 heavy (non-hydrogen) atoms. The summed E-state index contributed by atoms with van der Waals surface area (Å²) >= 11 is 1.60. The lowest BCUT2D eigenvalue weighted by Crippen LogP contribution is -2.40. The number of hydrogen-bond acceptors (Lipinski definition) is 5. The number of para-hydroxylation sites is 1. The molecule has 1 aliphatic carbocycles. The summed E-state index contributed by atoms with van der Waals surface area (Å²) in [4.78, 5) is 30.2. The molecule has 3 heterocycles. The fourth-order valence-electron chi connectivity index (χ4n) is 4.98. The van der Waals surface area contributed by atoms with Gasteiger partial charge in [0.1, 0.15) is 6.54 Å². The van der Waals surface area contributed by atoms with Gasteiger partial charge in [-0.3, -0.25) is 9.59 Å². The van der Waals surface area contributed by atoms with E-state index in [1.165, 1.54) is 15.1 Å². The van der Waals surface area contributed by atoms with Gasteiger partial charge in [-0.2, -0.15) is 0 Å². The Kier molecular flexibility index (Phi) is 4.96. The second-order valence-corrected chi connectivity index (χ2v) is 10.9. The third kappa shape index (κ3) is 3.59. The van der Waals surface area contributed by atoms with Crippen LogP contribution in [-0.4, -0.2) is 27.4 Å². The molecule has 0 spiro atoms. The molecule has 1 aliphatic heterocycles. The Balaban J connectivity index is 1.45. The number of thiophene rings is 1. The highest BCUT2D eigenvalue weighted by atomic mass is 32.1. The van der Waals surface area contributed by atoms with E-state index in [2.05, 4.69) is 37.1 Å². The van der Waals surface area contributed by atoms with E-state index in [0.717, 1.165) is 43.4 Å². The van der Waals surface area contributed by atoms with E-state index >= 15 is 0 Å². The van der Waals surface area contributed by atoms with Gasteiger partial charge < -0.3 is 4.90 Å². The van der Waals surface area contributed by atoms with Crippen LogP contribution in [0.5, 0.6) is 0 Å². The summed E-state index contributed by atoms with van der Waals surface area (Å²) in [5, 5.41) is 9.14. The first-order valence-electron chi connectivity index (χ1n) is 11.1. The monoisotopic (exact) mass is 436 g/mol. The fourth-order valence-corrected chi connectivity index (χ4v) is 6.21. The summed E-state index contributed by atoms with van der Waals surface area (Å²) in [6, 6.07) is 7.99. The number of carbonyl (C=O) groups is 1. The lowest BCUT2D eigenvalue weighted by atomic mass is 9.72. The molecule has 0 N–H and O–H groups in total. The Hall–Kier alpha value is -2.54. The van der Waals surface area contributed by atoms with Crippen LogP contribution in [0.2, 0.25) is 0 Å². The van der Waals surface area contributed by atoms with E-state index in [4.69, 9.17) is 0 Å². The van der Waals surface area contributed by atoms with Crippen LogP contribution in [0.15, 0.2) is 29.1 Å². The van der Waals surface area contributed by atoms with Crippen molar-refractivity contribution in [2.45, 2.75) is 59.4 Å². The third-order valence-electron chi connectivity index (χ3n) is 6.86. The van der Waals surface area contributed by atoms with Crippen LogP contribution in [0.1, 0.15) is 49.6 Å². The lowest BCUT2D eigenvalue weighted by Gasteiger charge is -2.33. The number of nitrogens with zero attached hydrogens (tertiary/aromatic N) is 4. The van der Waals surface area contributed by atoms with Crippen LogP contribution < -0.4 is 10.5 Å². The number of benzene rings is 1. The first-order valence-corrected chi connectivity index (χ1v) is 11.9. The average molecular weight is 437 g/mol. The van der Waals surface area contributed by atoms with Crippen molar-refractivity contribution in [3.8, 4) is 0 Å². The number of carbonyl (C=O) groups excluding carboxylic acids is 1. The van der Waals surface area contributed by atoms with Crippen molar-refractivity contribution in [3.05, 3.63) is 50.6 Å². The predicted molar refractivity (Wildman–Crippen MR) is 124 cm³/mol. The van der Waals surface area contributed by atoms with Crippen molar-refractivity contribution in [1.29, 1.82) is 0 Å². The number of rotatable bonds is 2. The van der Waals surface area contributed by atoms with Crippen LogP contribution in [0.3, 0.4) is 0 Å². The van der Waals surface area contributed by atoms with E-state index in [1.54, 1.807) is 16.2 Å². The van der Waals surface area contributed by atoms with E-state index in [0.29, 0.717) is 22.7 Å². The van der Waals surface area contributed by atoms with E-state index in [1.807, 2.05) is 18.2 Å². The molecule has 0 radical (unpaired) electrons. The van der Waals surface area contributed by atoms with Crippen molar-refractivity contribution in [1.82, 2.24) is 15.0 Å². The number of aromatic nitrogens is 3. The zero-order valence-corrected chi connectivity index (χ0v) is 19.2. The molecule has 0 fully saturated rings. The van der Waals surface area contributed by atoms with Gasteiger partial charge in [0.2, 0.25) is 5.91 Å². The van der Waals surface area contributed by atoms with Gasteiger partial charge in [0.15, 0.2) is 4.83 Å². The van der Waals surface area contributed by atoms with Crippen molar-refractivity contribution in [2.24, 2.45) is 11.3 Å². The minimum absolute atomic E-state index is 0.0780. The van der Waals surface area contributed by atoms with Gasteiger partial charge in [-0.25, -0.2) is 4.68 Å². The molecule has 2 aliphatic rings. The number of hydrogen-bond donors (Lipinski definition) is 0. The highest BCUT2D eigenvalue weighted by Gasteiger charge is 2.32. The minimum Gasteiger partial charge on any atom is -0.311 e. The molecule has 0 saturated heterocycles. The maximum atomic E-state index is 13.3. The number of amides is 1. The molecule has 1 atom stereocenters. The Morgan fingerprint density at radius 2 is 2.03 bits per heavy atom. The molecule has 0 bridgehead atoms. The largest absolute Gasteiger partial charge is 0.311 e. The first-order chi connectivity index (χ1) is 14.8. The molecule has 6 nitrogen and oxygen atoms in total. The molecule has 1 unspecified atom stereocenters. The second kappa shape index (κ2) is 7.55. The summed E-state index contributed by atoms with van der Waals surface area (Å²) in [6.07, 6.45) is 4.86. The van der Waals surface area contributed by atoms with Crippen LogP contribution in [-0.2, 0) is 30.6 Å². The first kappa shape index (κ1) is 20.4. The fraction of sp³-hybridized carbons (Fsp3) is 0.500. The van der Waals surface area contributed by atoms with Gasteiger partial charge in [0, 0.05) is 17.1 Å². The third-order valence-corrected chi connectivity index (χ3v) is 8.00. The molecule has 1 amide bonds. The highest BCUT2D eigenvalue weighted by Crippen LogP contribution is 2.41. The molecule has 7 heteroatoms. The molecule has 3 aromatic rings. The smallest absolute Gasteiger partial charge is 0.279 e. The zero-order valence-electron chi connectivity index (χ0n) is 18.4. The standard InChI is InChI=1S/C24H28N4O2S/c1-24(2,3)16-10-11-17-19(13-16)31-22-21(17)23(30)28(26-25-22)14-20(29)27-12-6-8-15-7-4-5-9-18(15)27/h4-5,7,9,16H,6,8,10-14H2,1-3H3. The van der Waals surface area contributed by atoms with Crippen molar-refractivity contribution < 1.29 is 4.79 Å². The van der Waals surface area contributed by atoms with Gasteiger partial charge >= 0.3 is 0 Å². The molecule has 162 valence electrons. The summed E-state index contributed by atoms with van der Waals surface area (Å²) < 4.78 is 1.25. The van der Waals surface area contributed by atoms with Gasteiger partial charge in [0.25, 0.3) is 5.56 Å². The quantitative estimate of drug-likeness (QED) is 0.609. The van der Waals surface area contributed by atoms with E-state index in [9.17, 15) is 9.59 Å². The number of anilines is 1. The van der Waals surface area contributed by atoms with E-state index in [-0.39, 0.29) is 23.4 Å². The Morgan fingerprint density at radius 1 is 1.23 bits per heavy atom. The lowest BCUT2D eigenvalue weighted by molar-refractivity contribution is -0.119. The Labute approximate surface area is 185 Å². The van der Waals surface area contributed by atoms with Crippen LogP contribution in [0.25, 0.3) is 10.2 Å².